The van der Waals surface area contributed by atoms with Crippen molar-refractivity contribution in [1.82, 2.24) is 39.0 Å². The first-order valence-corrected chi connectivity index (χ1v) is 22.9. The van der Waals surface area contributed by atoms with Gasteiger partial charge in [0.05, 0.1) is 22.2 Å². The van der Waals surface area contributed by atoms with Crippen molar-refractivity contribution < 1.29 is 0 Å². The Balaban J connectivity index is 1.06. The Labute approximate surface area is 399 Å². The van der Waals surface area contributed by atoms with Crippen LogP contribution < -0.4 is 0 Å². The highest BCUT2D eigenvalue weighted by Crippen LogP contribution is 2.42. The van der Waals surface area contributed by atoms with Gasteiger partial charge in [-0.1, -0.05) is 195 Å². The number of para-hydroxylation sites is 1. The molecule has 326 valence electrons. The van der Waals surface area contributed by atoms with Crippen molar-refractivity contribution in [2.75, 3.05) is 0 Å². The van der Waals surface area contributed by atoms with E-state index in [1.165, 1.54) is 0 Å². The van der Waals surface area contributed by atoms with E-state index in [0.29, 0.717) is 35.1 Å². The van der Waals surface area contributed by atoms with Gasteiger partial charge in [0.15, 0.2) is 29.1 Å². The number of fused-ring (bicyclic) bond motifs is 5. The zero-order valence-corrected chi connectivity index (χ0v) is 37.6. The van der Waals surface area contributed by atoms with Crippen LogP contribution in [0.5, 0.6) is 0 Å². The van der Waals surface area contributed by atoms with E-state index in [-0.39, 0.29) is 0 Å². The second-order valence-electron chi connectivity index (χ2n) is 16.7. The lowest BCUT2D eigenvalue weighted by molar-refractivity contribution is 0.952. The summed E-state index contributed by atoms with van der Waals surface area (Å²) in [6, 6.07) is 70.4. The molecule has 4 aromatic heterocycles. The number of nitrogens with zero attached hydrogens (tertiary/aromatic N) is 8. The third kappa shape index (κ3) is 7.37. The number of allylic oxidation sites excluding steroid dienone is 1. The SMILES string of the molecule is C=Cc1c(/C=C\C)c2ccc3c4ccccc4n(-c4nc(-c5ccccc5)nc(-c5ccccc5)n4)c3c2n1-c1ccc(-c2nc(-c3ccccc3)nc(-c3ccc(-c4ccccc4)cc3)n2)cc1. The largest absolute Gasteiger partial charge is 0.307 e. The molecule has 0 bridgehead atoms. The number of rotatable bonds is 10. The molecule has 12 rings (SSSR count). The Hall–Kier alpha value is -9.40. The van der Waals surface area contributed by atoms with Gasteiger partial charge in [-0.15, -0.1) is 0 Å². The molecule has 0 atom stereocenters. The van der Waals surface area contributed by atoms with Crippen LogP contribution in [0.1, 0.15) is 18.2 Å². The van der Waals surface area contributed by atoms with Crippen LogP contribution in [0.25, 0.3) is 125 Å². The van der Waals surface area contributed by atoms with Gasteiger partial charge in [-0.05, 0) is 54.5 Å². The lowest BCUT2D eigenvalue weighted by Crippen LogP contribution is -2.07. The van der Waals surface area contributed by atoms with Crippen molar-refractivity contribution in [2.24, 2.45) is 0 Å². The number of hydrogen-bond donors (Lipinski definition) is 0. The molecule has 8 nitrogen and oxygen atoms in total. The summed E-state index contributed by atoms with van der Waals surface area (Å²) in [4.78, 5) is 30.8. The average molecular weight is 887 g/mol. The van der Waals surface area contributed by atoms with E-state index in [9.17, 15) is 0 Å². The molecular formula is C61H42N8. The van der Waals surface area contributed by atoms with Crippen molar-refractivity contribution in [2.45, 2.75) is 6.92 Å². The van der Waals surface area contributed by atoms with Crippen LogP contribution in [-0.4, -0.2) is 39.0 Å². The summed E-state index contributed by atoms with van der Waals surface area (Å²) in [5.41, 5.74) is 12.7. The highest BCUT2D eigenvalue weighted by Gasteiger charge is 2.25. The normalized spacial score (nSPS) is 11.6. The molecule has 0 aliphatic rings. The fraction of sp³-hybridized carbons (Fsp3) is 0.0164. The molecular weight excluding hydrogens is 845 g/mol. The highest BCUT2D eigenvalue weighted by molar-refractivity contribution is 6.19. The van der Waals surface area contributed by atoms with E-state index in [2.05, 4.69) is 137 Å². The molecule has 0 saturated carbocycles. The van der Waals surface area contributed by atoms with Crippen molar-refractivity contribution in [3.05, 3.63) is 230 Å². The zero-order valence-electron chi connectivity index (χ0n) is 37.6. The van der Waals surface area contributed by atoms with E-state index in [1.54, 1.807) is 0 Å². The Kier molecular flexibility index (Phi) is 10.4. The minimum absolute atomic E-state index is 0.520. The van der Waals surface area contributed by atoms with E-state index < -0.39 is 0 Å². The van der Waals surface area contributed by atoms with Crippen LogP contribution in [0.3, 0.4) is 0 Å². The Morgan fingerprint density at radius 1 is 0.362 bits per heavy atom. The Bertz CT molecular complexity index is 3820. The molecule has 8 aromatic carbocycles. The topological polar surface area (TPSA) is 87.2 Å². The van der Waals surface area contributed by atoms with Gasteiger partial charge in [0, 0.05) is 55.2 Å². The fourth-order valence-corrected chi connectivity index (χ4v) is 9.33. The maximum absolute atomic E-state index is 5.27. The van der Waals surface area contributed by atoms with E-state index in [1.807, 2.05) is 110 Å². The average Bonchev–Trinajstić information content (AvgIpc) is 3.94. The molecule has 0 amide bonds. The molecule has 0 aliphatic heterocycles. The first kappa shape index (κ1) is 41.1. The molecule has 0 aliphatic carbocycles. The Morgan fingerprint density at radius 2 is 0.754 bits per heavy atom. The molecule has 12 aromatic rings. The summed E-state index contributed by atoms with van der Waals surface area (Å²) in [7, 11) is 0. The van der Waals surface area contributed by atoms with Gasteiger partial charge >= 0.3 is 0 Å². The standard InChI is InChI=1S/C61H42N8/c1-3-19-48-50-38-39-51-49-28-17-18-29-53(49)69(61-66-59(43-24-13-7-14-25-43)65-60(67-61)44-26-15-8-16-27-44)55(51)54(50)68(52(48)4-2)47-36-34-46(35-37-47)58-63-56(42-22-11-6-12-23-42)62-57(64-58)45-32-30-41(31-33-45)40-20-9-5-10-21-40/h3-39H,2H2,1H3/b19-3-. The molecule has 0 fully saturated rings. The van der Waals surface area contributed by atoms with Crippen molar-refractivity contribution >= 4 is 44.9 Å². The third-order valence-electron chi connectivity index (χ3n) is 12.6. The number of hydrogen-bond acceptors (Lipinski definition) is 6. The molecule has 0 radical (unpaired) electrons. The van der Waals surface area contributed by atoms with Crippen LogP contribution in [0.15, 0.2) is 219 Å². The van der Waals surface area contributed by atoms with Crippen LogP contribution in [0.2, 0.25) is 0 Å². The summed E-state index contributed by atoms with van der Waals surface area (Å²) in [6.07, 6.45) is 6.19. The summed E-state index contributed by atoms with van der Waals surface area (Å²) < 4.78 is 4.51. The van der Waals surface area contributed by atoms with Crippen molar-refractivity contribution in [3.63, 3.8) is 0 Å². The van der Waals surface area contributed by atoms with Gasteiger partial charge in [-0.25, -0.2) is 19.9 Å². The number of aromatic nitrogens is 8. The first-order chi connectivity index (χ1) is 34.1. The monoisotopic (exact) mass is 886 g/mol. The lowest BCUT2D eigenvalue weighted by atomic mass is 10.0. The van der Waals surface area contributed by atoms with E-state index in [4.69, 9.17) is 29.9 Å². The van der Waals surface area contributed by atoms with E-state index >= 15 is 0 Å². The molecule has 0 N–H and O–H groups in total. The van der Waals surface area contributed by atoms with Gasteiger partial charge in [0.25, 0.3) is 0 Å². The van der Waals surface area contributed by atoms with Crippen LogP contribution in [-0.2, 0) is 0 Å². The van der Waals surface area contributed by atoms with Gasteiger partial charge in [-0.3, -0.25) is 4.57 Å². The van der Waals surface area contributed by atoms with Gasteiger partial charge in [-0.2, -0.15) is 9.97 Å². The predicted octanol–water partition coefficient (Wildman–Crippen LogP) is 14.8. The molecule has 0 saturated heterocycles. The maximum atomic E-state index is 5.27. The minimum atomic E-state index is 0.520. The van der Waals surface area contributed by atoms with Crippen molar-refractivity contribution in [1.29, 1.82) is 0 Å². The molecule has 69 heavy (non-hydrogen) atoms. The first-order valence-electron chi connectivity index (χ1n) is 22.9. The molecule has 8 heteroatoms. The quantitative estimate of drug-likeness (QED) is 0.136. The Morgan fingerprint density at radius 3 is 1.26 bits per heavy atom. The third-order valence-corrected chi connectivity index (χ3v) is 12.6. The molecule has 4 heterocycles. The lowest BCUT2D eigenvalue weighted by Gasteiger charge is -2.14. The van der Waals surface area contributed by atoms with Crippen LogP contribution in [0.4, 0.5) is 0 Å². The molecule has 0 spiro atoms. The second kappa shape index (κ2) is 17.4. The number of benzene rings is 8. The van der Waals surface area contributed by atoms with E-state index in [0.717, 1.165) is 88.6 Å². The summed E-state index contributed by atoms with van der Waals surface area (Å²) in [6.45, 7) is 6.44. The maximum Gasteiger partial charge on any atom is 0.238 e. The fourth-order valence-electron chi connectivity index (χ4n) is 9.33. The van der Waals surface area contributed by atoms with Crippen LogP contribution >= 0.6 is 0 Å². The summed E-state index contributed by atoms with van der Waals surface area (Å²) in [5.74, 6) is 3.48. The summed E-state index contributed by atoms with van der Waals surface area (Å²) >= 11 is 0. The van der Waals surface area contributed by atoms with Gasteiger partial charge < -0.3 is 4.57 Å². The smallest absolute Gasteiger partial charge is 0.238 e. The van der Waals surface area contributed by atoms with Crippen LogP contribution in [0, 0.1) is 0 Å². The van der Waals surface area contributed by atoms with Gasteiger partial charge in [0.2, 0.25) is 5.95 Å². The van der Waals surface area contributed by atoms with Gasteiger partial charge in [0.1, 0.15) is 0 Å². The highest BCUT2D eigenvalue weighted by atomic mass is 15.2. The predicted molar refractivity (Wildman–Crippen MR) is 282 cm³/mol. The minimum Gasteiger partial charge on any atom is -0.307 e. The van der Waals surface area contributed by atoms with Crippen molar-refractivity contribution in [3.8, 4) is 79.7 Å². The zero-order chi connectivity index (χ0) is 46.3. The second-order valence-corrected chi connectivity index (χ2v) is 16.7. The molecule has 0 unspecified atom stereocenters. The summed E-state index contributed by atoms with van der Waals surface area (Å²) in [5, 5.41) is 3.22.